The third-order valence-corrected chi connectivity index (χ3v) is 4.28. The number of carbonyl (C=O) groups excluding carboxylic acids is 2. The Morgan fingerprint density at radius 3 is 2.40 bits per heavy atom. The second-order valence-corrected chi connectivity index (χ2v) is 6.58. The molecule has 154 valence electrons. The van der Waals surface area contributed by atoms with Crippen molar-refractivity contribution in [1.82, 2.24) is 0 Å². The van der Waals surface area contributed by atoms with Gasteiger partial charge in [-0.05, 0) is 54.1 Å². The summed E-state index contributed by atoms with van der Waals surface area (Å²) in [5, 5.41) is 2.76. The van der Waals surface area contributed by atoms with Crippen LogP contribution in [0.3, 0.4) is 0 Å². The molecule has 0 spiro atoms. The molecule has 1 N–H and O–H groups in total. The largest absolute Gasteiger partial charge is 0.489 e. The van der Waals surface area contributed by atoms with E-state index in [4.69, 9.17) is 9.47 Å². The first-order chi connectivity index (χ1) is 14.5. The van der Waals surface area contributed by atoms with Crippen LogP contribution in [-0.4, -0.2) is 18.3 Å². The van der Waals surface area contributed by atoms with Gasteiger partial charge in [-0.1, -0.05) is 25.1 Å². The molecule has 3 rings (SSSR count). The Labute approximate surface area is 174 Å². The first-order valence-electron chi connectivity index (χ1n) is 9.56. The molecule has 5 nitrogen and oxygen atoms in total. The average Bonchev–Trinajstić information content (AvgIpc) is 2.76. The van der Waals surface area contributed by atoms with Gasteiger partial charge >= 0.3 is 0 Å². The summed E-state index contributed by atoms with van der Waals surface area (Å²) < 4.78 is 24.3. The van der Waals surface area contributed by atoms with Crippen molar-refractivity contribution >= 4 is 17.4 Å². The SMILES string of the molecule is CCC(=O)c1ccc(OCC(=O)Nc2cccc(COc3cccc(F)c3)c2)cc1. The predicted octanol–water partition coefficient (Wildman–Crippen LogP) is 5.01. The highest BCUT2D eigenvalue weighted by molar-refractivity contribution is 5.96. The number of ether oxygens (including phenoxy) is 2. The van der Waals surface area contributed by atoms with Crippen molar-refractivity contribution in [2.24, 2.45) is 0 Å². The molecule has 0 unspecified atom stereocenters. The fraction of sp³-hybridized carbons (Fsp3) is 0.167. The lowest BCUT2D eigenvalue weighted by Crippen LogP contribution is -2.20. The van der Waals surface area contributed by atoms with Gasteiger partial charge in [0, 0.05) is 23.7 Å². The summed E-state index contributed by atoms with van der Waals surface area (Å²) in [6.07, 6.45) is 0.439. The molecule has 0 saturated heterocycles. The second kappa shape index (κ2) is 10.2. The van der Waals surface area contributed by atoms with Crippen LogP contribution in [0.5, 0.6) is 11.5 Å². The Kier molecular flexibility index (Phi) is 7.16. The van der Waals surface area contributed by atoms with Crippen LogP contribution in [0.25, 0.3) is 0 Å². The number of halogens is 1. The third kappa shape index (κ3) is 6.17. The monoisotopic (exact) mass is 407 g/mol. The molecule has 0 fully saturated rings. The Morgan fingerprint density at radius 1 is 0.900 bits per heavy atom. The number of rotatable bonds is 9. The molecule has 3 aromatic rings. The summed E-state index contributed by atoms with van der Waals surface area (Å²) >= 11 is 0. The molecule has 3 aromatic carbocycles. The molecule has 0 aliphatic heterocycles. The zero-order chi connectivity index (χ0) is 21.3. The Hall–Kier alpha value is -3.67. The summed E-state index contributed by atoms with van der Waals surface area (Å²) in [7, 11) is 0. The van der Waals surface area contributed by atoms with Gasteiger partial charge in [-0.3, -0.25) is 9.59 Å². The number of ketones is 1. The molecule has 0 heterocycles. The van der Waals surface area contributed by atoms with Gasteiger partial charge < -0.3 is 14.8 Å². The molecule has 0 saturated carbocycles. The standard InChI is InChI=1S/C24H22FNO4/c1-2-23(27)18-9-11-21(12-10-18)30-16-24(28)26-20-7-3-5-17(13-20)15-29-22-8-4-6-19(25)14-22/h3-14H,2,15-16H2,1H3,(H,26,28). The molecule has 0 radical (unpaired) electrons. The van der Waals surface area contributed by atoms with Crippen LogP contribution in [0.2, 0.25) is 0 Å². The van der Waals surface area contributed by atoms with Crippen LogP contribution < -0.4 is 14.8 Å². The van der Waals surface area contributed by atoms with Gasteiger partial charge in [-0.25, -0.2) is 4.39 Å². The lowest BCUT2D eigenvalue weighted by Gasteiger charge is -2.10. The number of amides is 1. The highest BCUT2D eigenvalue weighted by atomic mass is 19.1. The summed E-state index contributed by atoms with van der Waals surface area (Å²) in [5.74, 6) is 0.326. The fourth-order valence-corrected chi connectivity index (χ4v) is 2.75. The highest BCUT2D eigenvalue weighted by Crippen LogP contribution is 2.17. The van der Waals surface area contributed by atoms with Crippen LogP contribution in [-0.2, 0) is 11.4 Å². The number of Topliss-reactive ketones (excluding diaryl/α,β-unsaturated/α-hetero) is 1. The number of hydrogen-bond acceptors (Lipinski definition) is 4. The summed E-state index contributed by atoms with van der Waals surface area (Å²) in [4.78, 5) is 23.8. The number of nitrogens with one attached hydrogen (secondary N) is 1. The second-order valence-electron chi connectivity index (χ2n) is 6.58. The maximum atomic E-state index is 13.2. The molecule has 0 aliphatic carbocycles. The predicted molar refractivity (Wildman–Crippen MR) is 112 cm³/mol. The third-order valence-electron chi connectivity index (χ3n) is 4.28. The molecule has 0 bridgehead atoms. The van der Waals surface area contributed by atoms with Crippen molar-refractivity contribution in [3.05, 3.63) is 89.7 Å². The smallest absolute Gasteiger partial charge is 0.262 e. The number of carbonyl (C=O) groups is 2. The minimum Gasteiger partial charge on any atom is -0.489 e. The van der Waals surface area contributed by atoms with Crippen molar-refractivity contribution in [2.45, 2.75) is 20.0 Å². The maximum absolute atomic E-state index is 13.2. The summed E-state index contributed by atoms with van der Waals surface area (Å²) in [5.41, 5.74) is 2.05. The zero-order valence-electron chi connectivity index (χ0n) is 16.6. The van der Waals surface area contributed by atoms with Gasteiger partial charge in [0.25, 0.3) is 5.91 Å². The quantitative estimate of drug-likeness (QED) is 0.506. The lowest BCUT2D eigenvalue weighted by atomic mass is 10.1. The molecule has 0 aromatic heterocycles. The van der Waals surface area contributed by atoms with Crippen LogP contribution in [0.15, 0.2) is 72.8 Å². The highest BCUT2D eigenvalue weighted by Gasteiger charge is 2.07. The van der Waals surface area contributed by atoms with Gasteiger partial charge in [-0.15, -0.1) is 0 Å². The number of hydrogen-bond donors (Lipinski definition) is 1. The minimum absolute atomic E-state index is 0.0561. The van der Waals surface area contributed by atoms with Crippen LogP contribution in [0.4, 0.5) is 10.1 Å². The topological polar surface area (TPSA) is 64.6 Å². The van der Waals surface area contributed by atoms with E-state index in [1.54, 1.807) is 61.5 Å². The van der Waals surface area contributed by atoms with Crippen molar-refractivity contribution in [3.63, 3.8) is 0 Å². The van der Waals surface area contributed by atoms with Gasteiger partial charge in [0.05, 0.1) is 0 Å². The molecule has 6 heteroatoms. The van der Waals surface area contributed by atoms with Gasteiger partial charge in [-0.2, -0.15) is 0 Å². The molecular weight excluding hydrogens is 385 g/mol. The van der Waals surface area contributed by atoms with E-state index in [0.717, 1.165) is 5.56 Å². The van der Waals surface area contributed by atoms with Gasteiger partial charge in [0.2, 0.25) is 0 Å². The fourth-order valence-electron chi connectivity index (χ4n) is 2.75. The first-order valence-corrected chi connectivity index (χ1v) is 9.56. The summed E-state index contributed by atoms with van der Waals surface area (Å²) in [6, 6.07) is 19.8. The van der Waals surface area contributed by atoms with E-state index in [1.165, 1.54) is 12.1 Å². The molecular formula is C24H22FNO4. The summed E-state index contributed by atoms with van der Waals surface area (Å²) in [6.45, 7) is 1.89. The molecule has 0 aliphatic rings. The van der Waals surface area contributed by atoms with Crippen molar-refractivity contribution in [1.29, 1.82) is 0 Å². The van der Waals surface area contributed by atoms with E-state index in [0.29, 0.717) is 29.2 Å². The maximum Gasteiger partial charge on any atom is 0.262 e. The van der Waals surface area contributed by atoms with Crippen LogP contribution >= 0.6 is 0 Å². The van der Waals surface area contributed by atoms with Gasteiger partial charge in [0.15, 0.2) is 12.4 Å². The lowest BCUT2D eigenvalue weighted by molar-refractivity contribution is -0.118. The first kappa shape index (κ1) is 21.0. The average molecular weight is 407 g/mol. The number of benzene rings is 3. The minimum atomic E-state index is -0.361. The Bertz CT molecular complexity index is 1020. The van der Waals surface area contributed by atoms with Gasteiger partial charge in [0.1, 0.15) is 23.9 Å². The normalized spacial score (nSPS) is 10.3. The molecule has 1 amide bonds. The molecule has 30 heavy (non-hydrogen) atoms. The van der Waals surface area contributed by atoms with E-state index in [-0.39, 0.29) is 30.7 Å². The Balaban J connectivity index is 1.50. The zero-order valence-corrected chi connectivity index (χ0v) is 16.6. The number of anilines is 1. The van der Waals surface area contributed by atoms with Crippen molar-refractivity contribution < 1.29 is 23.5 Å². The van der Waals surface area contributed by atoms with E-state index < -0.39 is 0 Å². The van der Waals surface area contributed by atoms with Crippen LogP contribution in [0, 0.1) is 5.82 Å². The van der Waals surface area contributed by atoms with Crippen LogP contribution in [0.1, 0.15) is 29.3 Å². The van der Waals surface area contributed by atoms with E-state index >= 15 is 0 Å². The van der Waals surface area contributed by atoms with E-state index in [9.17, 15) is 14.0 Å². The van der Waals surface area contributed by atoms with E-state index in [2.05, 4.69) is 5.32 Å². The molecule has 0 atom stereocenters. The van der Waals surface area contributed by atoms with Crippen molar-refractivity contribution in [2.75, 3.05) is 11.9 Å². The van der Waals surface area contributed by atoms with Crippen molar-refractivity contribution in [3.8, 4) is 11.5 Å². The van der Waals surface area contributed by atoms with E-state index in [1.807, 2.05) is 6.07 Å². The Morgan fingerprint density at radius 2 is 1.67 bits per heavy atom.